The molecule has 0 saturated heterocycles. The minimum Gasteiger partial charge on any atom is -0.312 e. The van der Waals surface area contributed by atoms with Gasteiger partial charge in [-0.3, -0.25) is 4.79 Å². The summed E-state index contributed by atoms with van der Waals surface area (Å²) in [4.78, 5) is 15.2. The maximum absolute atomic E-state index is 12.6. The van der Waals surface area contributed by atoms with Crippen molar-refractivity contribution in [3.8, 4) is 0 Å². The van der Waals surface area contributed by atoms with E-state index in [2.05, 4.69) is 41.1 Å². The van der Waals surface area contributed by atoms with E-state index in [4.69, 9.17) is 0 Å². The number of alkyl halides is 1. The van der Waals surface area contributed by atoms with Gasteiger partial charge in [-0.2, -0.15) is 0 Å². The summed E-state index contributed by atoms with van der Waals surface area (Å²) < 4.78 is 0. The van der Waals surface area contributed by atoms with E-state index in [0.29, 0.717) is 4.83 Å². The van der Waals surface area contributed by atoms with Crippen LogP contribution in [0.25, 0.3) is 0 Å². The van der Waals surface area contributed by atoms with E-state index in [9.17, 15) is 4.79 Å². The van der Waals surface area contributed by atoms with E-state index in [1.54, 1.807) is 0 Å². The minimum atomic E-state index is -0.324. The number of hydrogen-bond acceptors (Lipinski definition) is 1. The van der Waals surface area contributed by atoms with Crippen LogP contribution in [0.5, 0.6) is 0 Å². The van der Waals surface area contributed by atoms with Gasteiger partial charge in [-0.15, -0.1) is 0 Å². The number of fused-ring (bicyclic) bond motifs is 1. The molecular formula is C19H28BrNO. The Kier molecular flexibility index (Phi) is 5.70. The topological polar surface area (TPSA) is 20.3 Å². The van der Waals surface area contributed by atoms with Gasteiger partial charge in [0.2, 0.25) is 5.91 Å². The molecule has 1 heterocycles. The lowest BCUT2D eigenvalue weighted by Crippen LogP contribution is -2.42. The number of amides is 1. The van der Waals surface area contributed by atoms with Gasteiger partial charge in [-0.1, -0.05) is 62.2 Å². The van der Waals surface area contributed by atoms with Gasteiger partial charge in [0.05, 0.1) is 0 Å². The van der Waals surface area contributed by atoms with Crippen molar-refractivity contribution in [3.05, 3.63) is 29.3 Å². The van der Waals surface area contributed by atoms with Crippen LogP contribution in [0.1, 0.15) is 58.1 Å². The summed E-state index contributed by atoms with van der Waals surface area (Å²) in [6.45, 7) is 9.06. The Bertz CT molecular complexity index is 533. The second-order valence-corrected chi connectivity index (χ2v) is 8.66. The third-order valence-electron chi connectivity index (χ3n) is 4.21. The molecule has 0 bridgehead atoms. The van der Waals surface area contributed by atoms with Crippen LogP contribution in [0.2, 0.25) is 0 Å². The maximum Gasteiger partial charge on any atom is 0.232 e. The Hall–Kier alpha value is -0.830. The average Bonchev–Trinajstić information content (AvgIpc) is 2.45. The number of anilines is 1. The van der Waals surface area contributed by atoms with Crippen molar-refractivity contribution < 1.29 is 4.79 Å². The lowest BCUT2D eigenvalue weighted by atomic mass is 9.91. The summed E-state index contributed by atoms with van der Waals surface area (Å²) in [5, 5.41) is 0. The summed E-state index contributed by atoms with van der Waals surface area (Å²) in [5.74, 6) is 0.227. The Balaban J connectivity index is 2.21. The quantitative estimate of drug-likeness (QED) is 0.678. The van der Waals surface area contributed by atoms with E-state index in [1.807, 2.05) is 25.7 Å². The van der Waals surface area contributed by atoms with Gasteiger partial charge in [0.15, 0.2) is 0 Å². The molecule has 0 saturated carbocycles. The van der Waals surface area contributed by atoms with Crippen molar-refractivity contribution in [1.82, 2.24) is 0 Å². The van der Waals surface area contributed by atoms with Crippen molar-refractivity contribution in [3.63, 3.8) is 0 Å². The van der Waals surface area contributed by atoms with Gasteiger partial charge in [-0.25, -0.2) is 0 Å². The summed E-state index contributed by atoms with van der Waals surface area (Å²) in [7, 11) is 0. The zero-order valence-corrected chi connectivity index (χ0v) is 15.9. The number of carbonyl (C=O) groups excluding carboxylic acids is 1. The molecule has 3 heteroatoms. The minimum absolute atomic E-state index is 0.227. The van der Waals surface area contributed by atoms with E-state index in [-0.39, 0.29) is 11.3 Å². The molecule has 22 heavy (non-hydrogen) atoms. The van der Waals surface area contributed by atoms with Gasteiger partial charge in [-0.05, 0) is 42.9 Å². The fraction of sp³-hybridized carbons (Fsp3) is 0.632. The van der Waals surface area contributed by atoms with Gasteiger partial charge >= 0.3 is 0 Å². The number of benzene rings is 1. The van der Waals surface area contributed by atoms with Crippen molar-refractivity contribution in [2.75, 3.05) is 11.4 Å². The Labute approximate surface area is 143 Å². The van der Waals surface area contributed by atoms with Crippen LogP contribution >= 0.6 is 15.9 Å². The molecule has 2 nitrogen and oxygen atoms in total. The number of hydrogen-bond donors (Lipinski definition) is 0. The van der Waals surface area contributed by atoms with Crippen LogP contribution < -0.4 is 4.90 Å². The van der Waals surface area contributed by atoms with Gasteiger partial charge in [0.1, 0.15) is 0 Å². The molecule has 1 aliphatic heterocycles. The predicted molar refractivity (Wildman–Crippen MR) is 97.9 cm³/mol. The summed E-state index contributed by atoms with van der Waals surface area (Å²) in [5.41, 5.74) is 3.50. The zero-order valence-electron chi connectivity index (χ0n) is 14.3. The fourth-order valence-corrected chi connectivity index (χ4v) is 3.90. The number of rotatable bonds is 4. The highest BCUT2D eigenvalue weighted by Crippen LogP contribution is 2.32. The maximum atomic E-state index is 12.6. The number of nitrogens with zero attached hydrogens (tertiary/aromatic N) is 1. The van der Waals surface area contributed by atoms with Crippen LogP contribution in [0, 0.1) is 5.41 Å². The van der Waals surface area contributed by atoms with Crippen LogP contribution in [0.3, 0.4) is 0 Å². The average molecular weight is 366 g/mol. The number of carbonyl (C=O) groups is 1. The van der Waals surface area contributed by atoms with Crippen LogP contribution in [0.15, 0.2) is 18.2 Å². The van der Waals surface area contributed by atoms with Crippen molar-refractivity contribution in [2.24, 2.45) is 5.41 Å². The van der Waals surface area contributed by atoms with Crippen LogP contribution in [0.4, 0.5) is 5.69 Å². The lowest BCUT2D eigenvalue weighted by Gasteiger charge is -2.34. The third kappa shape index (κ3) is 4.13. The second-order valence-electron chi connectivity index (χ2n) is 7.36. The molecule has 1 atom stereocenters. The first-order valence-electron chi connectivity index (χ1n) is 8.40. The zero-order chi connectivity index (χ0) is 16.3. The van der Waals surface area contributed by atoms with Gasteiger partial charge < -0.3 is 4.90 Å². The largest absolute Gasteiger partial charge is 0.312 e. The molecule has 1 unspecified atom stereocenters. The molecular weight excluding hydrogens is 338 g/mol. The molecule has 1 aliphatic rings. The first-order valence-corrected chi connectivity index (χ1v) is 9.32. The van der Waals surface area contributed by atoms with E-state index in [0.717, 1.165) is 31.5 Å². The Morgan fingerprint density at radius 2 is 2.09 bits per heavy atom. The SMILES string of the molecule is CCCC(Br)Cc1ccc2c(c1)CCCN2C(=O)C(C)(C)C. The molecule has 1 aromatic carbocycles. The molecule has 0 fully saturated rings. The van der Waals surface area contributed by atoms with Crippen LogP contribution in [-0.2, 0) is 17.6 Å². The monoisotopic (exact) mass is 365 g/mol. The second kappa shape index (κ2) is 7.16. The summed E-state index contributed by atoms with van der Waals surface area (Å²) >= 11 is 3.77. The summed E-state index contributed by atoms with van der Waals surface area (Å²) in [6.07, 6.45) is 5.61. The highest BCUT2D eigenvalue weighted by Gasteiger charge is 2.31. The highest BCUT2D eigenvalue weighted by molar-refractivity contribution is 9.09. The van der Waals surface area contributed by atoms with Crippen molar-refractivity contribution >= 4 is 27.5 Å². The molecule has 0 aromatic heterocycles. The molecule has 0 aliphatic carbocycles. The Morgan fingerprint density at radius 1 is 1.36 bits per heavy atom. The molecule has 0 N–H and O–H groups in total. The standard InChI is InChI=1S/C19H28BrNO/c1-5-7-16(20)13-14-9-10-17-15(12-14)8-6-11-21(17)18(22)19(2,3)4/h9-10,12,16H,5-8,11,13H2,1-4H3. The van der Waals surface area contributed by atoms with E-state index < -0.39 is 0 Å². The van der Waals surface area contributed by atoms with Crippen molar-refractivity contribution in [1.29, 1.82) is 0 Å². The predicted octanol–water partition coefficient (Wildman–Crippen LogP) is 5.12. The highest BCUT2D eigenvalue weighted by atomic mass is 79.9. The van der Waals surface area contributed by atoms with Gasteiger partial charge in [0, 0.05) is 22.5 Å². The van der Waals surface area contributed by atoms with E-state index in [1.165, 1.54) is 24.0 Å². The first-order chi connectivity index (χ1) is 10.3. The molecule has 1 aromatic rings. The molecule has 0 radical (unpaired) electrons. The number of aryl methyl sites for hydroxylation is 1. The molecule has 122 valence electrons. The molecule has 1 amide bonds. The van der Waals surface area contributed by atoms with E-state index >= 15 is 0 Å². The molecule has 2 rings (SSSR count). The van der Waals surface area contributed by atoms with Crippen LogP contribution in [-0.4, -0.2) is 17.3 Å². The summed E-state index contributed by atoms with van der Waals surface area (Å²) in [6, 6.07) is 6.65. The molecule has 0 spiro atoms. The van der Waals surface area contributed by atoms with Crippen molar-refractivity contribution in [2.45, 2.75) is 64.6 Å². The van der Waals surface area contributed by atoms with Gasteiger partial charge in [0.25, 0.3) is 0 Å². The number of halogens is 1. The lowest BCUT2D eigenvalue weighted by molar-refractivity contribution is -0.125. The normalized spacial score (nSPS) is 16.3. The fourth-order valence-electron chi connectivity index (χ4n) is 3.06. The first kappa shape index (κ1) is 17.5. The Morgan fingerprint density at radius 3 is 2.73 bits per heavy atom. The smallest absolute Gasteiger partial charge is 0.232 e. The third-order valence-corrected chi connectivity index (χ3v) is 4.99.